The molecule has 0 radical (unpaired) electrons. The molecule has 1 aliphatic heterocycles. The maximum absolute atomic E-state index is 5.56. The molecule has 1 aliphatic carbocycles. The molecule has 1 N–H and O–H groups in total. The number of nitrogens with zero attached hydrogens (tertiary/aromatic N) is 2. The van der Waals surface area contributed by atoms with E-state index >= 15 is 0 Å². The zero-order valence-electron chi connectivity index (χ0n) is 8.61. The first-order valence-electron chi connectivity index (χ1n) is 5.59. The first-order valence-corrected chi connectivity index (χ1v) is 5.59. The van der Waals surface area contributed by atoms with Crippen LogP contribution in [0.3, 0.4) is 0 Å². The van der Waals surface area contributed by atoms with Gasteiger partial charge in [0.15, 0.2) is 0 Å². The minimum Gasteiger partial charge on any atom is -0.367 e. The van der Waals surface area contributed by atoms with E-state index in [9.17, 15) is 0 Å². The lowest BCUT2D eigenvalue weighted by molar-refractivity contribution is 0.0208. The smallest absolute Gasteiger partial charge is 0.229 e. The molecule has 5 nitrogen and oxygen atoms in total. The third kappa shape index (κ3) is 1.77. The molecule has 0 bridgehead atoms. The fraction of sp³-hybridized carbons (Fsp3) is 0.800. The normalized spacial score (nSPS) is 27.6. The van der Waals surface area contributed by atoms with Gasteiger partial charge in [-0.25, -0.2) is 0 Å². The molecule has 15 heavy (non-hydrogen) atoms. The number of morpholine rings is 1. The SMILES string of the molecule is C1CC(c2nc([C@@H]3CNCCO3)no2)C1. The van der Waals surface area contributed by atoms with Crippen molar-refractivity contribution >= 4 is 0 Å². The summed E-state index contributed by atoms with van der Waals surface area (Å²) >= 11 is 0. The highest BCUT2D eigenvalue weighted by Gasteiger charge is 2.28. The molecule has 1 atom stereocenters. The molecule has 2 heterocycles. The Morgan fingerprint density at radius 3 is 2.93 bits per heavy atom. The van der Waals surface area contributed by atoms with E-state index in [0.717, 1.165) is 25.6 Å². The Bertz CT molecular complexity index is 329. The van der Waals surface area contributed by atoms with E-state index in [1.807, 2.05) is 0 Å². The minimum absolute atomic E-state index is 0.0312. The van der Waals surface area contributed by atoms with E-state index in [4.69, 9.17) is 9.26 Å². The fourth-order valence-corrected chi connectivity index (χ4v) is 1.93. The molecule has 0 aromatic carbocycles. The van der Waals surface area contributed by atoms with Gasteiger partial charge in [0.2, 0.25) is 11.7 Å². The van der Waals surface area contributed by atoms with E-state index < -0.39 is 0 Å². The summed E-state index contributed by atoms with van der Waals surface area (Å²) in [4.78, 5) is 4.41. The van der Waals surface area contributed by atoms with Crippen LogP contribution in [0.1, 0.15) is 43.0 Å². The molecule has 1 aromatic rings. The molecule has 1 aromatic heterocycles. The second kappa shape index (κ2) is 3.90. The summed E-state index contributed by atoms with van der Waals surface area (Å²) < 4.78 is 10.8. The topological polar surface area (TPSA) is 60.2 Å². The minimum atomic E-state index is -0.0312. The van der Waals surface area contributed by atoms with Crippen LogP contribution in [0.2, 0.25) is 0 Å². The van der Waals surface area contributed by atoms with Gasteiger partial charge in [-0.05, 0) is 12.8 Å². The van der Waals surface area contributed by atoms with Crippen LogP contribution in [-0.2, 0) is 4.74 Å². The molecule has 3 rings (SSSR count). The number of hydrogen-bond acceptors (Lipinski definition) is 5. The summed E-state index contributed by atoms with van der Waals surface area (Å²) in [6, 6.07) is 0. The van der Waals surface area contributed by atoms with Crippen LogP contribution >= 0.6 is 0 Å². The Balaban J connectivity index is 1.71. The zero-order chi connectivity index (χ0) is 10.1. The Hall–Kier alpha value is -0.940. The van der Waals surface area contributed by atoms with Crippen molar-refractivity contribution in [2.75, 3.05) is 19.7 Å². The molecule has 2 fully saturated rings. The second-order valence-electron chi connectivity index (χ2n) is 4.18. The van der Waals surface area contributed by atoms with Crippen molar-refractivity contribution in [1.82, 2.24) is 15.5 Å². The van der Waals surface area contributed by atoms with Gasteiger partial charge >= 0.3 is 0 Å². The molecule has 2 aliphatic rings. The predicted molar refractivity (Wildman–Crippen MR) is 52.5 cm³/mol. The Kier molecular flexibility index (Phi) is 2.42. The van der Waals surface area contributed by atoms with E-state index in [0.29, 0.717) is 11.7 Å². The molecule has 0 amide bonds. The lowest BCUT2D eigenvalue weighted by atomic mass is 9.85. The van der Waals surface area contributed by atoms with E-state index in [1.165, 1.54) is 19.3 Å². The average Bonchev–Trinajstić information content (AvgIpc) is 2.66. The highest BCUT2D eigenvalue weighted by molar-refractivity contribution is 5.00. The maximum Gasteiger partial charge on any atom is 0.229 e. The third-order valence-corrected chi connectivity index (χ3v) is 3.13. The summed E-state index contributed by atoms with van der Waals surface area (Å²) in [5.74, 6) is 2.00. The molecular formula is C10H15N3O2. The summed E-state index contributed by atoms with van der Waals surface area (Å²) in [6.45, 7) is 2.41. The number of hydrogen-bond donors (Lipinski definition) is 1. The van der Waals surface area contributed by atoms with Crippen LogP contribution < -0.4 is 5.32 Å². The fourth-order valence-electron chi connectivity index (χ4n) is 1.93. The van der Waals surface area contributed by atoms with E-state index in [2.05, 4.69) is 15.5 Å². The summed E-state index contributed by atoms with van der Waals surface area (Å²) in [5.41, 5.74) is 0. The lowest BCUT2D eigenvalue weighted by Crippen LogP contribution is -2.33. The number of rotatable bonds is 2. The van der Waals surface area contributed by atoms with Crippen molar-refractivity contribution in [1.29, 1.82) is 0 Å². The van der Waals surface area contributed by atoms with Crippen molar-refractivity contribution < 1.29 is 9.26 Å². The quantitative estimate of drug-likeness (QED) is 0.787. The first-order chi connectivity index (χ1) is 7.43. The van der Waals surface area contributed by atoms with Crippen molar-refractivity contribution in [2.24, 2.45) is 0 Å². The van der Waals surface area contributed by atoms with Gasteiger partial charge in [-0.1, -0.05) is 11.6 Å². The van der Waals surface area contributed by atoms with Crippen molar-refractivity contribution in [3.63, 3.8) is 0 Å². The van der Waals surface area contributed by atoms with Crippen molar-refractivity contribution in [2.45, 2.75) is 31.3 Å². The van der Waals surface area contributed by atoms with Gasteiger partial charge in [0, 0.05) is 19.0 Å². The van der Waals surface area contributed by atoms with Crippen LogP contribution in [0.25, 0.3) is 0 Å². The number of nitrogens with one attached hydrogen (secondary N) is 1. The van der Waals surface area contributed by atoms with E-state index in [-0.39, 0.29) is 6.10 Å². The summed E-state index contributed by atoms with van der Waals surface area (Å²) in [7, 11) is 0. The molecule has 5 heteroatoms. The van der Waals surface area contributed by atoms with Crippen LogP contribution in [0.5, 0.6) is 0 Å². The molecule has 1 saturated heterocycles. The Labute approximate surface area is 88.2 Å². The molecule has 0 unspecified atom stereocenters. The Morgan fingerprint density at radius 1 is 1.33 bits per heavy atom. The number of ether oxygens (including phenoxy) is 1. The molecular weight excluding hydrogens is 194 g/mol. The highest BCUT2D eigenvalue weighted by Crippen LogP contribution is 2.35. The largest absolute Gasteiger partial charge is 0.367 e. The average molecular weight is 209 g/mol. The van der Waals surface area contributed by atoms with Crippen molar-refractivity contribution in [3.8, 4) is 0 Å². The van der Waals surface area contributed by atoms with Gasteiger partial charge in [0.25, 0.3) is 0 Å². The van der Waals surface area contributed by atoms with Gasteiger partial charge in [0.1, 0.15) is 6.10 Å². The summed E-state index contributed by atoms with van der Waals surface area (Å²) in [6.07, 6.45) is 3.62. The third-order valence-electron chi connectivity index (χ3n) is 3.13. The van der Waals surface area contributed by atoms with Gasteiger partial charge in [0.05, 0.1) is 6.61 Å². The van der Waals surface area contributed by atoms with Crippen LogP contribution in [-0.4, -0.2) is 29.8 Å². The first kappa shape index (κ1) is 9.30. The lowest BCUT2D eigenvalue weighted by Gasteiger charge is -2.21. The molecule has 82 valence electrons. The predicted octanol–water partition coefficient (Wildman–Crippen LogP) is 0.998. The van der Waals surface area contributed by atoms with Crippen molar-refractivity contribution in [3.05, 3.63) is 11.7 Å². The maximum atomic E-state index is 5.56. The van der Waals surface area contributed by atoms with Gasteiger partial charge in [-0.15, -0.1) is 0 Å². The van der Waals surface area contributed by atoms with E-state index in [1.54, 1.807) is 0 Å². The summed E-state index contributed by atoms with van der Waals surface area (Å²) in [5, 5.41) is 7.24. The standard InChI is InChI=1S/C10H15N3O2/c1-2-7(3-1)10-12-9(13-15-10)8-6-11-4-5-14-8/h7-8,11H,1-6H2/t8-/m0/s1. The number of aromatic nitrogens is 2. The second-order valence-corrected chi connectivity index (χ2v) is 4.18. The van der Waals surface area contributed by atoms with Crippen LogP contribution in [0.4, 0.5) is 0 Å². The zero-order valence-corrected chi connectivity index (χ0v) is 8.61. The van der Waals surface area contributed by atoms with Gasteiger partial charge in [-0.3, -0.25) is 0 Å². The molecule has 1 saturated carbocycles. The van der Waals surface area contributed by atoms with Gasteiger partial charge < -0.3 is 14.6 Å². The van der Waals surface area contributed by atoms with Gasteiger partial charge in [-0.2, -0.15) is 4.98 Å². The highest BCUT2D eigenvalue weighted by atomic mass is 16.5. The van der Waals surface area contributed by atoms with Crippen LogP contribution in [0.15, 0.2) is 4.52 Å². The Morgan fingerprint density at radius 2 is 2.27 bits per heavy atom. The van der Waals surface area contributed by atoms with Crippen LogP contribution in [0, 0.1) is 0 Å². The molecule has 0 spiro atoms. The monoisotopic (exact) mass is 209 g/mol.